The lowest BCUT2D eigenvalue weighted by molar-refractivity contribution is 0.0953. The zero-order valence-corrected chi connectivity index (χ0v) is 17.7. The first-order valence-electron chi connectivity index (χ1n) is 10.3. The molecule has 0 bridgehead atoms. The van der Waals surface area contributed by atoms with Crippen LogP contribution in [0, 0.1) is 0 Å². The number of hydrogen-bond donors (Lipinski definition) is 1. The normalized spacial score (nSPS) is 10.6. The van der Waals surface area contributed by atoms with Crippen molar-refractivity contribution in [1.29, 1.82) is 0 Å². The van der Waals surface area contributed by atoms with E-state index in [1.165, 1.54) is 23.1 Å². The SMILES string of the molecule is O=C(NCCCc1ccccc1)c1cccc(CSCCCc2ccccc2)c1. The van der Waals surface area contributed by atoms with Gasteiger partial charge < -0.3 is 5.32 Å². The van der Waals surface area contributed by atoms with Gasteiger partial charge >= 0.3 is 0 Å². The number of nitrogens with one attached hydrogen (secondary N) is 1. The van der Waals surface area contributed by atoms with Gasteiger partial charge in [0.2, 0.25) is 0 Å². The highest BCUT2D eigenvalue weighted by Gasteiger charge is 2.06. The van der Waals surface area contributed by atoms with Crippen molar-refractivity contribution in [3.8, 4) is 0 Å². The highest BCUT2D eigenvalue weighted by molar-refractivity contribution is 7.98. The molecule has 1 amide bonds. The smallest absolute Gasteiger partial charge is 0.251 e. The maximum absolute atomic E-state index is 12.4. The molecule has 0 aliphatic heterocycles. The quantitative estimate of drug-likeness (QED) is 0.403. The van der Waals surface area contributed by atoms with Crippen molar-refractivity contribution in [3.05, 3.63) is 107 Å². The molecular formula is C26H29NOS. The first-order chi connectivity index (χ1) is 14.3. The molecule has 150 valence electrons. The number of benzene rings is 3. The molecule has 0 fully saturated rings. The van der Waals surface area contributed by atoms with Gasteiger partial charge in [-0.05, 0) is 60.3 Å². The van der Waals surface area contributed by atoms with Gasteiger partial charge in [0.25, 0.3) is 5.91 Å². The molecule has 0 spiro atoms. The monoisotopic (exact) mass is 403 g/mol. The molecule has 0 radical (unpaired) electrons. The predicted molar refractivity (Wildman–Crippen MR) is 124 cm³/mol. The summed E-state index contributed by atoms with van der Waals surface area (Å²) < 4.78 is 0. The Kier molecular flexibility index (Phi) is 8.87. The minimum absolute atomic E-state index is 0.0222. The summed E-state index contributed by atoms with van der Waals surface area (Å²) in [5.41, 5.74) is 4.69. The van der Waals surface area contributed by atoms with Gasteiger partial charge in [0, 0.05) is 17.9 Å². The molecule has 0 unspecified atom stereocenters. The van der Waals surface area contributed by atoms with Crippen LogP contribution in [-0.4, -0.2) is 18.2 Å². The number of carbonyl (C=O) groups is 1. The first-order valence-corrected chi connectivity index (χ1v) is 11.5. The Hall–Kier alpha value is -2.52. The van der Waals surface area contributed by atoms with Crippen LogP contribution in [0.5, 0.6) is 0 Å². The van der Waals surface area contributed by atoms with Gasteiger partial charge in [-0.25, -0.2) is 0 Å². The fourth-order valence-electron chi connectivity index (χ4n) is 3.26. The average molecular weight is 404 g/mol. The summed E-state index contributed by atoms with van der Waals surface area (Å²) in [7, 11) is 0. The molecular weight excluding hydrogens is 374 g/mol. The summed E-state index contributed by atoms with van der Waals surface area (Å²) in [6.07, 6.45) is 4.24. The number of thioether (sulfide) groups is 1. The predicted octanol–water partition coefficient (Wildman–Crippen LogP) is 5.92. The highest BCUT2D eigenvalue weighted by atomic mass is 32.2. The second-order valence-corrected chi connectivity index (χ2v) is 8.29. The van der Waals surface area contributed by atoms with Gasteiger partial charge in [-0.15, -0.1) is 0 Å². The van der Waals surface area contributed by atoms with Crippen LogP contribution in [0.25, 0.3) is 0 Å². The van der Waals surface area contributed by atoms with E-state index >= 15 is 0 Å². The van der Waals surface area contributed by atoms with E-state index < -0.39 is 0 Å². The molecule has 3 aromatic carbocycles. The summed E-state index contributed by atoms with van der Waals surface area (Å²) in [6, 6.07) is 29.0. The fourth-order valence-corrected chi connectivity index (χ4v) is 4.16. The van der Waals surface area contributed by atoms with E-state index in [0.717, 1.165) is 36.3 Å². The lowest BCUT2D eigenvalue weighted by Gasteiger charge is -2.08. The van der Waals surface area contributed by atoms with Crippen LogP contribution in [0.15, 0.2) is 84.9 Å². The summed E-state index contributed by atoms with van der Waals surface area (Å²) in [6.45, 7) is 0.701. The molecule has 0 saturated carbocycles. The Morgan fingerprint density at radius 1 is 0.724 bits per heavy atom. The van der Waals surface area contributed by atoms with Gasteiger partial charge in [0.1, 0.15) is 0 Å². The van der Waals surface area contributed by atoms with Crippen molar-refractivity contribution in [2.75, 3.05) is 12.3 Å². The van der Waals surface area contributed by atoms with Crippen molar-refractivity contribution >= 4 is 17.7 Å². The molecule has 3 aromatic rings. The lowest BCUT2D eigenvalue weighted by atomic mass is 10.1. The van der Waals surface area contributed by atoms with E-state index in [1.54, 1.807) is 0 Å². The molecule has 0 saturated heterocycles. The topological polar surface area (TPSA) is 29.1 Å². The summed E-state index contributed by atoms with van der Waals surface area (Å²) in [5, 5.41) is 3.05. The number of amides is 1. The minimum Gasteiger partial charge on any atom is -0.352 e. The molecule has 0 aromatic heterocycles. The molecule has 1 N–H and O–H groups in total. The van der Waals surface area contributed by atoms with Gasteiger partial charge in [0.15, 0.2) is 0 Å². The van der Waals surface area contributed by atoms with E-state index in [0.29, 0.717) is 6.54 Å². The van der Waals surface area contributed by atoms with Crippen LogP contribution in [0.4, 0.5) is 0 Å². The number of rotatable bonds is 11. The van der Waals surface area contributed by atoms with Gasteiger partial charge in [-0.2, -0.15) is 11.8 Å². The van der Waals surface area contributed by atoms with Crippen molar-refractivity contribution in [1.82, 2.24) is 5.32 Å². The molecule has 0 atom stereocenters. The minimum atomic E-state index is 0.0222. The van der Waals surface area contributed by atoms with Crippen molar-refractivity contribution < 1.29 is 4.79 Å². The maximum atomic E-state index is 12.4. The summed E-state index contributed by atoms with van der Waals surface area (Å²) in [5.74, 6) is 2.10. The number of carbonyl (C=O) groups excluding carboxylic acids is 1. The molecule has 3 rings (SSSR count). The first kappa shape index (κ1) is 21.2. The van der Waals surface area contributed by atoms with E-state index in [-0.39, 0.29) is 5.91 Å². The maximum Gasteiger partial charge on any atom is 0.251 e. The zero-order chi connectivity index (χ0) is 20.2. The third-order valence-electron chi connectivity index (χ3n) is 4.83. The third-order valence-corrected chi connectivity index (χ3v) is 5.94. The Morgan fingerprint density at radius 3 is 2.03 bits per heavy atom. The molecule has 0 aliphatic carbocycles. The molecule has 0 heterocycles. The van der Waals surface area contributed by atoms with Crippen molar-refractivity contribution in [2.45, 2.75) is 31.4 Å². The Balaban J connectivity index is 1.35. The summed E-state index contributed by atoms with van der Waals surface area (Å²) >= 11 is 1.93. The van der Waals surface area contributed by atoms with E-state index in [9.17, 15) is 4.79 Å². The van der Waals surface area contributed by atoms with Crippen molar-refractivity contribution in [2.24, 2.45) is 0 Å². The number of hydrogen-bond acceptors (Lipinski definition) is 2. The van der Waals surface area contributed by atoms with Crippen LogP contribution >= 0.6 is 11.8 Å². The van der Waals surface area contributed by atoms with Crippen molar-refractivity contribution in [3.63, 3.8) is 0 Å². The van der Waals surface area contributed by atoms with Crippen LogP contribution in [-0.2, 0) is 18.6 Å². The zero-order valence-electron chi connectivity index (χ0n) is 16.8. The molecule has 2 nitrogen and oxygen atoms in total. The van der Waals surface area contributed by atoms with Crippen LogP contribution < -0.4 is 5.32 Å². The van der Waals surface area contributed by atoms with Crippen LogP contribution in [0.1, 0.15) is 39.9 Å². The van der Waals surface area contributed by atoms with E-state index in [4.69, 9.17) is 0 Å². The average Bonchev–Trinajstić information content (AvgIpc) is 2.78. The Morgan fingerprint density at radius 2 is 1.34 bits per heavy atom. The fraction of sp³-hybridized carbons (Fsp3) is 0.269. The van der Waals surface area contributed by atoms with Gasteiger partial charge in [-0.3, -0.25) is 4.79 Å². The lowest BCUT2D eigenvalue weighted by Crippen LogP contribution is -2.24. The second kappa shape index (κ2) is 12.1. The standard InChI is InChI=1S/C26H29NOS/c28-26(27-18-8-15-22-10-3-1-4-11-22)25-17-7-14-24(20-25)21-29-19-9-16-23-12-5-2-6-13-23/h1-7,10-14,17,20H,8-9,15-16,18-19,21H2,(H,27,28). The van der Waals surface area contributed by atoms with E-state index in [2.05, 4.69) is 66.0 Å². The Labute approximate surface area is 178 Å². The molecule has 3 heteroatoms. The van der Waals surface area contributed by atoms with Gasteiger partial charge in [-0.1, -0.05) is 72.8 Å². The molecule has 29 heavy (non-hydrogen) atoms. The Bertz CT molecular complexity index is 864. The summed E-state index contributed by atoms with van der Waals surface area (Å²) in [4.78, 5) is 12.4. The molecule has 0 aliphatic rings. The van der Waals surface area contributed by atoms with Crippen LogP contribution in [0.2, 0.25) is 0 Å². The third kappa shape index (κ3) is 7.78. The van der Waals surface area contributed by atoms with Crippen LogP contribution in [0.3, 0.4) is 0 Å². The second-order valence-electron chi connectivity index (χ2n) is 7.19. The highest BCUT2D eigenvalue weighted by Crippen LogP contribution is 2.16. The number of aryl methyl sites for hydroxylation is 2. The van der Waals surface area contributed by atoms with Gasteiger partial charge in [0.05, 0.1) is 0 Å². The largest absolute Gasteiger partial charge is 0.352 e. The van der Waals surface area contributed by atoms with E-state index in [1.807, 2.05) is 36.0 Å².